The van der Waals surface area contributed by atoms with Crippen molar-refractivity contribution >= 4 is 5.82 Å². The largest absolute Gasteiger partial charge is 0.364 e. The Balaban J connectivity index is 1.44. The van der Waals surface area contributed by atoms with E-state index in [1.807, 2.05) is 48.8 Å². The SMILES string of the molecule is c1ccc(-n2cc(NC3CCc4cccnc4CC3)nn2)cc1. The molecule has 4 rings (SSSR count). The van der Waals surface area contributed by atoms with Gasteiger partial charge in [0, 0.05) is 17.9 Å². The molecular weight excluding hydrogens is 286 g/mol. The summed E-state index contributed by atoms with van der Waals surface area (Å²) in [7, 11) is 0. The van der Waals surface area contributed by atoms with Gasteiger partial charge in [-0.2, -0.15) is 0 Å². The molecule has 0 aliphatic heterocycles. The molecule has 0 radical (unpaired) electrons. The topological polar surface area (TPSA) is 55.6 Å². The minimum atomic E-state index is 0.408. The van der Waals surface area contributed by atoms with Gasteiger partial charge in [0.05, 0.1) is 11.9 Å². The zero-order valence-electron chi connectivity index (χ0n) is 12.9. The van der Waals surface area contributed by atoms with Gasteiger partial charge >= 0.3 is 0 Å². The van der Waals surface area contributed by atoms with E-state index in [2.05, 4.69) is 26.7 Å². The number of hydrogen-bond acceptors (Lipinski definition) is 4. The highest BCUT2D eigenvalue weighted by Crippen LogP contribution is 2.21. The third-order valence-corrected chi connectivity index (χ3v) is 4.34. The number of aromatic nitrogens is 4. The predicted molar refractivity (Wildman–Crippen MR) is 89.6 cm³/mol. The van der Waals surface area contributed by atoms with Gasteiger partial charge in [0.1, 0.15) is 0 Å². The Morgan fingerprint density at radius 3 is 2.78 bits per heavy atom. The van der Waals surface area contributed by atoms with Crippen LogP contribution >= 0.6 is 0 Å². The van der Waals surface area contributed by atoms with E-state index in [4.69, 9.17) is 0 Å². The van der Waals surface area contributed by atoms with Crippen LogP contribution in [-0.4, -0.2) is 26.0 Å². The summed E-state index contributed by atoms with van der Waals surface area (Å²) in [6.07, 6.45) is 8.08. The third-order valence-electron chi connectivity index (χ3n) is 4.34. The highest BCUT2D eigenvalue weighted by molar-refractivity contribution is 5.37. The van der Waals surface area contributed by atoms with E-state index in [9.17, 15) is 0 Å². The summed E-state index contributed by atoms with van der Waals surface area (Å²) in [5.41, 5.74) is 3.64. The van der Waals surface area contributed by atoms with E-state index in [1.165, 1.54) is 11.3 Å². The summed E-state index contributed by atoms with van der Waals surface area (Å²) in [5, 5.41) is 12.0. The minimum absolute atomic E-state index is 0.408. The van der Waals surface area contributed by atoms with Crippen LogP contribution in [0.2, 0.25) is 0 Å². The summed E-state index contributed by atoms with van der Waals surface area (Å²) in [6.45, 7) is 0. The molecule has 0 amide bonds. The molecule has 0 saturated heterocycles. The third kappa shape index (κ3) is 3.08. The average molecular weight is 305 g/mol. The monoisotopic (exact) mass is 305 g/mol. The molecule has 1 atom stereocenters. The van der Waals surface area contributed by atoms with Crippen molar-refractivity contribution in [1.29, 1.82) is 0 Å². The maximum atomic E-state index is 4.50. The molecule has 3 aromatic rings. The molecule has 5 heteroatoms. The standard InChI is InChI=1S/C18H19N5/c1-2-6-16(7-3-1)23-13-18(21-22-23)20-15-9-8-14-5-4-12-19-17(14)11-10-15/h1-7,12-13,15,20H,8-11H2. The molecule has 1 unspecified atom stereocenters. The molecule has 2 aromatic heterocycles. The van der Waals surface area contributed by atoms with Crippen molar-refractivity contribution in [2.45, 2.75) is 31.7 Å². The fourth-order valence-electron chi connectivity index (χ4n) is 3.10. The van der Waals surface area contributed by atoms with Crippen LogP contribution in [0, 0.1) is 0 Å². The molecule has 23 heavy (non-hydrogen) atoms. The highest BCUT2D eigenvalue weighted by atomic mass is 15.4. The molecule has 0 spiro atoms. The lowest BCUT2D eigenvalue weighted by Crippen LogP contribution is -2.19. The summed E-state index contributed by atoms with van der Waals surface area (Å²) in [5.74, 6) is 0.831. The van der Waals surface area contributed by atoms with Gasteiger partial charge in [-0.1, -0.05) is 29.5 Å². The first-order valence-electron chi connectivity index (χ1n) is 8.05. The molecule has 5 nitrogen and oxygen atoms in total. The maximum absolute atomic E-state index is 4.50. The Bertz CT molecular complexity index is 754. The first-order valence-corrected chi connectivity index (χ1v) is 8.05. The van der Waals surface area contributed by atoms with E-state index in [-0.39, 0.29) is 0 Å². The van der Waals surface area contributed by atoms with Gasteiger partial charge < -0.3 is 5.32 Å². The van der Waals surface area contributed by atoms with E-state index >= 15 is 0 Å². The van der Waals surface area contributed by atoms with Crippen molar-refractivity contribution in [2.75, 3.05) is 5.32 Å². The number of para-hydroxylation sites is 1. The summed E-state index contributed by atoms with van der Waals surface area (Å²) in [4.78, 5) is 4.50. The van der Waals surface area contributed by atoms with Crippen LogP contribution in [0.1, 0.15) is 24.1 Å². The van der Waals surface area contributed by atoms with Gasteiger partial charge in [-0.05, 0) is 49.4 Å². The smallest absolute Gasteiger partial charge is 0.169 e. The second-order valence-corrected chi connectivity index (χ2v) is 5.91. The number of nitrogens with one attached hydrogen (secondary N) is 1. The molecular formula is C18H19N5. The van der Waals surface area contributed by atoms with Crippen molar-refractivity contribution in [3.63, 3.8) is 0 Å². The number of fused-ring (bicyclic) bond motifs is 1. The molecule has 2 heterocycles. The number of aryl methyl sites for hydroxylation is 2. The number of benzene rings is 1. The number of anilines is 1. The number of nitrogens with zero attached hydrogens (tertiary/aromatic N) is 4. The van der Waals surface area contributed by atoms with Crippen molar-refractivity contribution in [3.8, 4) is 5.69 Å². The van der Waals surface area contributed by atoms with Crippen LogP contribution in [0.15, 0.2) is 54.9 Å². The summed E-state index contributed by atoms with van der Waals surface area (Å²) >= 11 is 0. The molecule has 1 aliphatic carbocycles. The zero-order valence-corrected chi connectivity index (χ0v) is 12.9. The molecule has 1 aliphatic rings. The Morgan fingerprint density at radius 1 is 1.00 bits per heavy atom. The summed E-state index contributed by atoms with van der Waals surface area (Å²) in [6, 6.07) is 14.7. The lowest BCUT2D eigenvalue weighted by molar-refractivity contribution is 0.622. The van der Waals surface area contributed by atoms with Gasteiger partial charge in [0.25, 0.3) is 0 Å². The first kappa shape index (κ1) is 13.9. The van der Waals surface area contributed by atoms with Crippen LogP contribution in [0.4, 0.5) is 5.82 Å². The van der Waals surface area contributed by atoms with Crippen molar-refractivity contribution < 1.29 is 0 Å². The normalized spacial score (nSPS) is 17.3. The molecule has 0 saturated carbocycles. The van der Waals surface area contributed by atoms with Gasteiger partial charge in [0.2, 0.25) is 0 Å². The Hall–Kier alpha value is -2.69. The van der Waals surface area contributed by atoms with Crippen LogP contribution in [0.25, 0.3) is 5.69 Å². The average Bonchev–Trinajstić information content (AvgIpc) is 2.97. The van der Waals surface area contributed by atoms with Gasteiger partial charge in [-0.25, -0.2) is 4.68 Å². The quantitative estimate of drug-likeness (QED) is 0.756. The van der Waals surface area contributed by atoms with E-state index in [1.54, 1.807) is 4.68 Å². The van der Waals surface area contributed by atoms with Crippen LogP contribution in [0.3, 0.4) is 0 Å². The van der Waals surface area contributed by atoms with E-state index < -0.39 is 0 Å². The molecule has 1 N–H and O–H groups in total. The molecule has 116 valence electrons. The number of hydrogen-bond donors (Lipinski definition) is 1. The molecule has 0 fully saturated rings. The van der Waals surface area contributed by atoms with Gasteiger partial charge in [0.15, 0.2) is 5.82 Å². The van der Waals surface area contributed by atoms with E-state index in [0.29, 0.717) is 6.04 Å². The Morgan fingerprint density at radius 2 is 1.87 bits per heavy atom. The van der Waals surface area contributed by atoms with Crippen molar-refractivity contribution in [3.05, 3.63) is 66.1 Å². The van der Waals surface area contributed by atoms with Crippen LogP contribution < -0.4 is 5.32 Å². The predicted octanol–water partition coefficient (Wildman–Crippen LogP) is 3.02. The number of pyridine rings is 1. The second-order valence-electron chi connectivity index (χ2n) is 5.91. The fourth-order valence-corrected chi connectivity index (χ4v) is 3.10. The Kier molecular flexibility index (Phi) is 3.76. The zero-order chi connectivity index (χ0) is 15.5. The summed E-state index contributed by atoms with van der Waals surface area (Å²) < 4.78 is 1.80. The lowest BCUT2D eigenvalue weighted by atomic mass is 10.1. The Labute approximate surface area is 135 Å². The lowest BCUT2D eigenvalue weighted by Gasteiger charge is -2.14. The van der Waals surface area contributed by atoms with Crippen LogP contribution in [-0.2, 0) is 12.8 Å². The highest BCUT2D eigenvalue weighted by Gasteiger charge is 2.17. The van der Waals surface area contributed by atoms with E-state index in [0.717, 1.165) is 37.2 Å². The maximum Gasteiger partial charge on any atom is 0.169 e. The molecule has 1 aromatic carbocycles. The fraction of sp³-hybridized carbons (Fsp3) is 0.278. The second kappa shape index (κ2) is 6.20. The first-order chi connectivity index (χ1) is 11.4. The molecule has 0 bridgehead atoms. The number of rotatable bonds is 3. The minimum Gasteiger partial charge on any atom is -0.364 e. The van der Waals surface area contributed by atoms with Crippen molar-refractivity contribution in [1.82, 2.24) is 20.0 Å². The van der Waals surface area contributed by atoms with Gasteiger partial charge in [-0.3, -0.25) is 4.98 Å². The van der Waals surface area contributed by atoms with Gasteiger partial charge in [-0.15, -0.1) is 5.10 Å². The van der Waals surface area contributed by atoms with Crippen LogP contribution in [0.5, 0.6) is 0 Å². The van der Waals surface area contributed by atoms with Crippen molar-refractivity contribution in [2.24, 2.45) is 0 Å².